The van der Waals surface area contributed by atoms with Gasteiger partial charge < -0.3 is 9.55 Å². The van der Waals surface area contributed by atoms with Gasteiger partial charge in [0, 0.05) is 12.7 Å². The second kappa shape index (κ2) is 4.09. The van der Waals surface area contributed by atoms with Gasteiger partial charge in [0.25, 0.3) is 0 Å². The van der Waals surface area contributed by atoms with Crippen LogP contribution in [0.5, 0.6) is 0 Å². The molecule has 0 saturated heterocycles. The van der Waals surface area contributed by atoms with Gasteiger partial charge in [0.15, 0.2) is 4.77 Å². The summed E-state index contributed by atoms with van der Waals surface area (Å²) < 4.78 is 3.07. The number of aromatic nitrogens is 2. The lowest BCUT2D eigenvalue weighted by Gasteiger charge is -2.09. The number of H-pyrrole nitrogens is 1. The van der Waals surface area contributed by atoms with E-state index in [1.54, 1.807) is 0 Å². The summed E-state index contributed by atoms with van der Waals surface area (Å²) in [5.74, 6) is 0.752. The maximum atomic E-state index is 5.40. The van der Waals surface area contributed by atoms with Crippen molar-refractivity contribution in [2.75, 3.05) is 0 Å². The zero-order valence-electron chi connectivity index (χ0n) is 10.8. The normalized spacial score (nSPS) is 20.9. The smallest absolute Gasteiger partial charge is 0.177 e. The van der Waals surface area contributed by atoms with Crippen molar-refractivity contribution in [1.29, 1.82) is 0 Å². The van der Waals surface area contributed by atoms with Crippen LogP contribution in [0.3, 0.4) is 0 Å². The van der Waals surface area contributed by atoms with Gasteiger partial charge in [-0.15, -0.1) is 0 Å². The molecule has 2 nitrogen and oxygen atoms in total. The number of aromatic amines is 1. The van der Waals surface area contributed by atoms with Crippen molar-refractivity contribution < 1.29 is 0 Å². The summed E-state index contributed by atoms with van der Waals surface area (Å²) in [6, 6.07) is 10.4. The van der Waals surface area contributed by atoms with Crippen LogP contribution < -0.4 is 0 Å². The van der Waals surface area contributed by atoms with E-state index in [4.69, 9.17) is 12.2 Å². The first-order valence-corrected chi connectivity index (χ1v) is 6.82. The first-order chi connectivity index (χ1) is 8.58. The molecule has 0 spiro atoms. The Morgan fingerprint density at radius 3 is 2.61 bits per heavy atom. The Morgan fingerprint density at radius 1 is 1.33 bits per heavy atom. The van der Waals surface area contributed by atoms with E-state index in [1.807, 2.05) is 12.3 Å². The van der Waals surface area contributed by atoms with E-state index in [0.29, 0.717) is 5.41 Å². The number of rotatable bonds is 3. The number of nitrogens with zero attached hydrogens (tertiary/aromatic N) is 1. The summed E-state index contributed by atoms with van der Waals surface area (Å²) in [5, 5.41) is 0. The molecule has 1 aliphatic carbocycles. The Kier molecular flexibility index (Phi) is 2.67. The maximum absolute atomic E-state index is 5.40. The van der Waals surface area contributed by atoms with Crippen molar-refractivity contribution in [1.82, 2.24) is 9.55 Å². The summed E-state index contributed by atoms with van der Waals surface area (Å²) in [7, 11) is 0. The van der Waals surface area contributed by atoms with E-state index in [0.717, 1.165) is 17.2 Å². The topological polar surface area (TPSA) is 20.7 Å². The summed E-state index contributed by atoms with van der Waals surface area (Å²) in [4.78, 5) is 3.17. The van der Waals surface area contributed by atoms with Crippen LogP contribution in [0.1, 0.15) is 20.3 Å². The van der Waals surface area contributed by atoms with Gasteiger partial charge in [-0.1, -0.05) is 44.2 Å². The standard InChI is InChI=1S/C15H18N2S/c1-15(2)8-12(15)10-17-13(9-16-14(17)18)11-6-4-3-5-7-11/h3-7,9,12H,8,10H2,1-2H3,(H,16,18). The molecule has 0 bridgehead atoms. The highest BCUT2D eigenvalue weighted by atomic mass is 32.1. The molecule has 1 saturated carbocycles. The highest BCUT2D eigenvalue weighted by Gasteiger charge is 2.45. The molecule has 94 valence electrons. The van der Waals surface area contributed by atoms with Gasteiger partial charge in [-0.3, -0.25) is 0 Å². The summed E-state index contributed by atoms with van der Waals surface area (Å²) >= 11 is 5.40. The lowest BCUT2D eigenvalue weighted by molar-refractivity contribution is 0.498. The number of hydrogen-bond acceptors (Lipinski definition) is 1. The van der Waals surface area contributed by atoms with Crippen LogP contribution in [0.4, 0.5) is 0 Å². The highest BCUT2D eigenvalue weighted by molar-refractivity contribution is 7.71. The molecule has 3 heteroatoms. The van der Waals surface area contributed by atoms with Crippen LogP contribution >= 0.6 is 12.2 Å². The van der Waals surface area contributed by atoms with Crippen molar-refractivity contribution in [3.05, 3.63) is 41.3 Å². The minimum absolute atomic E-state index is 0.486. The summed E-state index contributed by atoms with van der Waals surface area (Å²) in [5.41, 5.74) is 2.91. The maximum Gasteiger partial charge on any atom is 0.177 e. The fraction of sp³-hybridized carbons (Fsp3) is 0.400. The predicted molar refractivity (Wildman–Crippen MR) is 76.9 cm³/mol. The predicted octanol–water partition coefficient (Wildman–Crippen LogP) is 4.26. The Labute approximate surface area is 113 Å². The van der Waals surface area contributed by atoms with Crippen LogP contribution in [0.15, 0.2) is 36.5 Å². The Hall–Kier alpha value is -1.35. The van der Waals surface area contributed by atoms with E-state index >= 15 is 0 Å². The monoisotopic (exact) mass is 258 g/mol. The van der Waals surface area contributed by atoms with Gasteiger partial charge in [-0.25, -0.2) is 0 Å². The highest BCUT2D eigenvalue weighted by Crippen LogP contribution is 2.52. The Morgan fingerprint density at radius 2 is 2.00 bits per heavy atom. The van der Waals surface area contributed by atoms with Gasteiger partial charge in [0.1, 0.15) is 0 Å². The largest absolute Gasteiger partial charge is 0.337 e. The average molecular weight is 258 g/mol. The van der Waals surface area contributed by atoms with Crippen molar-refractivity contribution in [3.63, 3.8) is 0 Å². The van der Waals surface area contributed by atoms with Crippen LogP contribution in [-0.4, -0.2) is 9.55 Å². The zero-order valence-corrected chi connectivity index (χ0v) is 11.6. The van der Waals surface area contributed by atoms with Crippen LogP contribution in [-0.2, 0) is 6.54 Å². The lowest BCUT2D eigenvalue weighted by Crippen LogP contribution is -2.05. The number of nitrogens with one attached hydrogen (secondary N) is 1. The first kappa shape index (κ1) is 11.7. The van der Waals surface area contributed by atoms with Crippen LogP contribution in [0.2, 0.25) is 0 Å². The minimum Gasteiger partial charge on any atom is -0.337 e. The molecule has 1 aromatic carbocycles. The third-order valence-electron chi connectivity index (χ3n) is 4.06. The molecule has 0 amide bonds. The Balaban J connectivity index is 1.95. The number of benzene rings is 1. The average Bonchev–Trinajstić information content (AvgIpc) is 2.78. The van der Waals surface area contributed by atoms with Gasteiger partial charge in [0.2, 0.25) is 0 Å². The molecule has 0 aliphatic heterocycles. The molecule has 1 heterocycles. The van der Waals surface area contributed by atoms with Crippen molar-refractivity contribution in [2.45, 2.75) is 26.8 Å². The van der Waals surface area contributed by atoms with Crippen LogP contribution in [0, 0.1) is 16.1 Å². The van der Waals surface area contributed by atoms with E-state index in [1.165, 1.54) is 17.7 Å². The van der Waals surface area contributed by atoms with Gasteiger partial charge in [-0.2, -0.15) is 0 Å². The van der Waals surface area contributed by atoms with Crippen LogP contribution in [0.25, 0.3) is 11.3 Å². The summed E-state index contributed by atoms with van der Waals surface area (Å²) in [6.45, 7) is 5.69. The molecule has 1 aromatic heterocycles. The molecule has 1 unspecified atom stereocenters. The van der Waals surface area contributed by atoms with E-state index in [-0.39, 0.29) is 0 Å². The third-order valence-corrected chi connectivity index (χ3v) is 4.40. The Bertz CT molecular complexity index is 607. The molecule has 1 atom stereocenters. The molecule has 1 aliphatic rings. The van der Waals surface area contributed by atoms with E-state index < -0.39 is 0 Å². The fourth-order valence-electron chi connectivity index (χ4n) is 2.53. The van der Waals surface area contributed by atoms with Gasteiger partial charge >= 0.3 is 0 Å². The molecule has 1 fully saturated rings. The lowest BCUT2D eigenvalue weighted by atomic mass is 10.1. The third kappa shape index (κ3) is 2.03. The first-order valence-electron chi connectivity index (χ1n) is 6.41. The number of hydrogen-bond donors (Lipinski definition) is 1. The van der Waals surface area contributed by atoms with E-state index in [9.17, 15) is 0 Å². The fourth-order valence-corrected chi connectivity index (χ4v) is 2.76. The van der Waals surface area contributed by atoms with E-state index in [2.05, 4.69) is 47.7 Å². The second-order valence-corrected chi connectivity index (χ2v) is 6.23. The van der Waals surface area contributed by atoms with Gasteiger partial charge in [0.05, 0.1) is 5.69 Å². The summed E-state index contributed by atoms with van der Waals surface area (Å²) in [6.07, 6.45) is 3.32. The van der Waals surface area contributed by atoms with Crippen molar-refractivity contribution in [3.8, 4) is 11.3 Å². The zero-order chi connectivity index (χ0) is 12.8. The molecule has 3 rings (SSSR count). The molecular weight excluding hydrogens is 240 g/mol. The SMILES string of the molecule is CC1(C)CC1Cn1c(-c2ccccc2)c[nH]c1=S. The quantitative estimate of drug-likeness (QED) is 0.816. The molecule has 1 N–H and O–H groups in total. The van der Waals surface area contributed by atoms with Crippen molar-refractivity contribution in [2.24, 2.45) is 11.3 Å². The second-order valence-electron chi connectivity index (χ2n) is 5.85. The van der Waals surface area contributed by atoms with Crippen molar-refractivity contribution >= 4 is 12.2 Å². The number of imidazole rings is 1. The molecule has 0 radical (unpaired) electrons. The minimum atomic E-state index is 0.486. The molecular formula is C15H18N2S. The molecule has 18 heavy (non-hydrogen) atoms. The molecule has 2 aromatic rings. The van der Waals surface area contributed by atoms with Gasteiger partial charge in [-0.05, 0) is 35.5 Å².